The molecule has 34 heavy (non-hydrogen) atoms. The van der Waals surface area contributed by atoms with E-state index < -0.39 is 10.0 Å². The SMILES string of the molecule is CCN(C)C(=NS(=O)(=O)c1ccc(Cl)cc1)N1CC(c2ccccc2)C(c2ccc(Cl)cc2)=N1. The molecule has 1 atom stereocenters. The largest absolute Gasteiger partial charge is 0.344 e. The minimum absolute atomic E-state index is 0.0691. The first-order valence-electron chi connectivity index (χ1n) is 10.8. The Hall–Kier alpha value is -2.87. The Balaban J connectivity index is 1.79. The zero-order valence-corrected chi connectivity index (χ0v) is 21.1. The Bertz CT molecular complexity index is 1310. The number of benzene rings is 3. The monoisotopic (exact) mass is 514 g/mol. The van der Waals surface area contributed by atoms with Crippen molar-refractivity contribution >= 4 is 44.9 Å². The molecule has 0 radical (unpaired) electrons. The van der Waals surface area contributed by atoms with E-state index in [-0.39, 0.29) is 16.8 Å². The van der Waals surface area contributed by atoms with E-state index in [4.69, 9.17) is 28.3 Å². The summed E-state index contributed by atoms with van der Waals surface area (Å²) >= 11 is 12.0. The molecule has 0 saturated heterocycles. The highest BCUT2D eigenvalue weighted by Gasteiger charge is 2.33. The van der Waals surface area contributed by atoms with Crippen LogP contribution in [0.3, 0.4) is 0 Å². The molecule has 176 valence electrons. The lowest BCUT2D eigenvalue weighted by Crippen LogP contribution is -2.39. The van der Waals surface area contributed by atoms with Crippen LogP contribution in [0, 0.1) is 0 Å². The molecule has 6 nitrogen and oxygen atoms in total. The third-order valence-electron chi connectivity index (χ3n) is 5.62. The molecule has 0 bridgehead atoms. The van der Waals surface area contributed by atoms with Gasteiger partial charge in [0, 0.05) is 29.6 Å². The van der Waals surface area contributed by atoms with Gasteiger partial charge in [-0.15, -0.1) is 4.40 Å². The minimum Gasteiger partial charge on any atom is -0.344 e. The van der Waals surface area contributed by atoms with Gasteiger partial charge in [0.05, 0.1) is 17.2 Å². The maximum atomic E-state index is 13.1. The van der Waals surface area contributed by atoms with E-state index in [1.807, 2.05) is 61.5 Å². The third-order valence-corrected chi connectivity index (χ3v) is 7.39. The lowest BCUT2D eigenvalue weighted by molar-refractivity contribution is 0.382. The number of rotatable bonds is 5. The normalized spacial score (nSPS) is 16.5. The first-order chi connectivity index (χ1) is 16.3. The van der Waals surface area contributed by atoms with Gasteiger partial charge in [-0.05, 0) is 54.4 Å². The van der Waals surface area contributed by atoms with Gasteiger partial charge in [-0.3, -0.25) is 0 Å². The molecule has 1 unspecified atom stereocenters. The molecule has 0 spiro atoms. The predicted octanol–water partition coefficient (Wildman–Crippen LogP) is 5.49. The molecule has 9 heteroatoms. The van der Waals surface area contributed by atoms with Crippen LogP contribution < -0.4 is 0 Å². The lowest BCUT2D eigenvalue weighted by atomic mass is 9.91. The average molecular weight is 515 g/mol. The van der Waals surface area contributed by atoms with Gasteiger partial charge < -0.3 is 4.90 Å². The summed E-state index contributed by atoms with van der Waals surface area (Å²) in [7, 11) is -2.18. The smallest absolute Gasteiger partial charge is 0.285 e. The van der Waals surface area contributed by atoms with E-state index >= 15 is 0 Å². The number of halogens is 2. The second-order valence-electron chi connectivity index (χ2n) is 7.87. The standard InChI is InChI=1S/C25H24Cl2N4O2S/c1-3-30(2)25(29-34(32,33)22-15-13-21(27)14-16-22)31-17-23(18-7-5-4-6-8-18)24(28-31)19-9-11-20(26)12-10-19/h4-16,23H,3,17H2,1-2H3. The molecule has 0 aromatic heterocycles. The number of hydrazone groups is 1. The van der Waals surface area contributed by atoms with Crippen molar-refractivity contribution in [1.82, 2.24) is 9.91 Å². The fourth-order valence-corrected chi connectivity index (χ4v) is 4.96. The summed E-state index contributed by atoms with van der Waals surface area (Å²) in [4.78, 5) is 1.84. The quantitative estimate of drug-likeness (QED) is 0.333. The zero-order valence-electron chi connectivity index (χ0n) is 18.8. The Labute approximate surface area is 210 Å². The van der Waals surface area contributed by atoms with Crippen LogP contribution in [0.15, 0.2) is 93.3 Å². The number of sulfonamides is 1. The zero-order chi connectivity index (χ0) is 24.3. The number of nitrogens with zero attached hydrogens (tertiary/aromatic N) is 4. The molecule has 0 amide bonds. The minimum atomic E-state index is -3.98. The highest BCUT2D eigenvalue weighted by atomic mass is 35.5. The van der Waals surface area contributed by atoms with Crippen molar-refractivity contribution in [2.75, 3.05) is 20.1 Å². The van der Waals surface area contributed by atoms with Gasteiger partial charge in [0.2, 0.25) is 5.96 Å². The summed E-state index contributed by atoms with van der Waals surface area (Å²) in [5, 5.41) is 7.61. The highest BCUT2D eigenvalue weighted by molar-refractivity contribution is 7.90. The summed E-state index contributed by atoms with van der Waals surface area (Å²) in [5.41, 5.74) is 2.82. The van der Waals surface area contributed by atoms with Crippen molar-refractivity contribution in [3.8, 4) is 0 Å². The van der Waals surface area contributed by atoms with Crippen LogP contribution in [0.2, 0.25) is 10.0 Å². The summed E-state index contributed by atoms with van der Waals surface area (Å²) < 4.78 is 30.4. The maximum Gasteiger partial charge on any atom is 0.285 e. The molecule has 1 heterocycles. The predicted molar refractivity (Wildman–Crippen MR) is 138 cm³/mol. The first kappa shape index (κ1) is 24.3. The van der Waals surface area contributed by atoms with Crippen LogP contribution in [0.5, 0.6) is 0 Å². The van der Waals surface area contributed by atoms with Gasteiger partial charge in [-0.2, -0.15) is 13.5 Å². The molecular weight excluding hydrogens is 491 g/mol. The summed E-state index contributed by atoms with van der Waals surface area (Å²) in [6.45, 7) is 2.92. The van der Waals surface area contributed by atoms with Crippen LogP contribution >= 0.6 is 23.2 Å². The molecule has 0 saturated carbocycles. The van der Waals surface area contributed by atoms with E-state index in [1.54, 1.807) is 17.0 Å². The Kier molecular flexibility index (Phi) is 7.26. The van der Waals surface area contributed by atoms with Crippen LogP contribution in [-0.4, -0.2) is 50.1 Å². The van der Waals surface area contributed by atoms with Crippen molar-refractivity contribution in [3.63, 3.8) is 0 Å². The van der Waals surface area contributed by atoms with Crippen molar-refractivity contribution < 1.29 is 8.42 Å². The van der Waals surface area contributed by atoms with E-state index in [0.717, 1.165) is 16.8 Å². The number of hydrogen-bond acceptors (Lipinski definition) is 3. The number of hydrogen-bond donors (Lipinski definition) is 0. The van der Waals surface area contributed by atoms with Gasteiger partial charge >= 0.3 is 0 Å². The van der Waals surface area contributed by atoms with E-state index in [2.05, 4.69) is 4.40 Å². The molecule has 1 aliphatic rings. The molecule has 3 aromatic rings. The van der Waals surface area contributed by atoms with E-state index in [0.29, 0.717) is 23.1 Å². The van der Waals surface area contributed by atoms with Crippen LogP contribution in [0.4, 0.5) is 0 Å². The lowest BCUT2D eigenvalue weighted by Gasteiger charge is -2.25. The Morgan fingerprint density at radius 1 is 1.00 bits per heavy atom. The second-order valence-corrected chi connectivity index (χ2v) is 10.3. The molecule has 0 N–H and O–H groups in total. The second kappa shape index (κ2) is 10.2. The van der Waals surface area contributed by atoms with E-state index in [9.17, 15) is 8.42 Å². The van der Waals surface area contributed by atoms with Gasteiger partial charge in [0.1, 0.15) is 0 Å². The topological polar surface area (TPSA) is 65.3 Å². The maximum absolute atomic E-state index is 13.1. The molecule has 0 fully saturated rings. The molecule has 4 rings (SSSR count). The fourth-order valence-electron chi connectivity index (χ4n) is 3.68. The third kappa shape index (κ3) is 5.27. The van der Waals surface area contributed by atoms with Crippen LogP contribution in [0.1, 0.15) is 24.0 Å². The summed E-state index contributed by atoms with van der Waals surface area (Å²) in [6.07, 6.45) is 0. The molecule has 0 aliphatic carbocycles. The molecule has 3 aromatic carbocycles. The van der Waals surface area contributed by atoms with Crippen LogP contribution in [0.25, 0.3) is 0 Å². The van der Waals surface area contributed by atoms with Crippen molar-refractivity contribution in [3.05, 3.63) is 100 Å². The van der Waals surface area contributed by atoms with Crippen molar-refractivity contribution in [1.29, 1.82) is 0 Å². The van der Waals surface area contributed by atoms with Gasteiger partial charge in [0.15, 0.2) is 0 Å². The van der Waals surface area contributed by atoms with Gasteiger partial charge in [-0.25, -0.2) is 5.01 Å². The summed E-state index contributed by atoms with van der Waals surface area (Å²) in [6, 6.07) is 23.5. The Morgan fingerprint density at radius 3 is 2.18 bits per heavy atom. The Morgan fingerprint density at radius 2 is 1.59 bits per heavy atom. The van der Waals surface area contributed by atoms with Crippen LogP contribution in [-0.2, 0) is 10.0 Å². The van der Waals surface area contributed by atoms with Gasteiger partial charge in [-0.1, -0.05) is 65.7 Å². The highest BCUT2D eigenvalue weighted by Crippen LogP contribution is 2.30. The van der Waals surface area contributed by atoms with Crippen molar-refractivity contribution in [2.45, 2.75) is 17.7 Å². The summed E-state index contributed by atoms with van der Waals surface area (Å²) in [5.74, 6) is 0.179. The first-order valence-corrected chi connectivity index (χ1v) is 13.0. The van der Waals surface area contributed by atoms with Crippen molar-refractivity contribution in [2.24, 2.45) is 9.50 Å². The molecular formula is C25H24Cl2N4O2S. The average Bonchev–Trinajstić information content (AvgIpc) is 3.28. The molecule has 1 aliphatic heterocycles. The fraction of sp³-hybridized carbons (Fsp3) is 0.200. The number of guanidine groups is 1. The van der Waals surface area contributed by atoms with E-state index in [1.165, 1.54) is 24.3 Å². The van der Waals surface area contributed by atoms with Gasteiger partial charge in [0.25, 0.3) is 10.0 Å².